The third-order valence-electron chi connectivity index (χ3n) is 1.59. The standard InChI is InChI=1S/C7H10N2O6S2/c10-16(11)8-9(6-15-17(12,13)14)7-4-2-1-3-5-7/h1-5,8H,6H2,(H,10,11)(H,12,13,14). The molecule has 0 saturated heterocycles. The van der Waals surface area contributed by atoms with Crippen LogP contribution in [0.3, 0.4) is 0 Å². The molecule has 0 amide bonds. The smallest absolute Gasteiger partial charge is 0.293 e. The third kappa shape index (κ3) is 5.72. The van der Waals surface area contributed by atoms with Crippen molar-refractivity contribution < 1.29 is 25.9 Å². The number of hydrogen-bond acceptors (Lipinski definition) is 5. The summed E-state index contributed by atoms with van der Waals surface area (Å²) in [6.07, 6.45) is 0. The van der Waals surface area contributed by atoms with Crippen molar-refractivity contribution in [2.24, 2.45) is 0 Å². The van der Waals surface area contributed by atoms with Crippen molar-refractivity contribution in [3.05, 3.63) is 30.3 Å². The fourth-order valence-corrected chi connectivity index (χ4v) is 1.56. The Morgan fingerprint density at radius 1 is 1.35 bits per heavy atom. The predicted octanol–water partition coefficient (Wildman–Crippen LogP) is -0.0888. The predicted molar refractivity (Wildman–Crippen MR) is 60.3 cm³/mol. The molecule has 0 aliphatic heterocycles. The lowest BCUT2D eigenvalue weighted by Crippen LogP contribution is -2.41. The second kappa shape index (κ2) is 6.05. The number of hydrazine groups is 1. The van der Waals surface area contributed by atoms with Gasteiger partial charge in [-0.1, -0.05) is 18.2 Å². The monoisotopic (exact) mass is 282 g/mol. The Bertz CT molecular complexity index is 476. The molecule has 8 nitrogen and oxygen atoms in total. The fraction of sp³-hybridized carbons (Fsp3) is 0.143. The molecule has 96 valence electrons. The molecule has 1 unspecified atom stereocenters. The summed E-state index contributed by atoms with van der Waals surface area (Å²) in [6.45, 7) is -0.658. The van der Waals surface area contributed by atoms with E-state index in [4.69, 9.17) is 9.11 Å². The van der Waals surface area contributed by atoms with Crippen LogP contribution in [0.15, 0.2) is 30.3 Å². The average Bonchev–Trinajstić information content (AvgIpc) is 2.24. The van der Waals surface area contributed by atoms with Gasteiger partial charge in [-0.15, -0.1) is 4.83 Å². The van der Waals surface area contributed by atoms with Gasteiger partial charge >= 0.3 is 10.4 Å². The minimum atomic E-state index is -4.63. The van der Waals surface area contributed by atoms with Crippen molar-refractivity contribution in [3.63, 3.8) is 0 Å². The number of benzene rings is 1. The molecule has 1 atom stereocenters. The van der Waals surface area contributed by atoms with E-state index in [1.807, 2.05) is 4.83 Å². The molecule has 0 aliphatic carbocycles. The largest absolute Gasteiger partial charge is 0.399 e. The zero-order chi connectivity index (χ0) is 12.9. The van der Waals surface area contributed by atoms with E-state index in [9.17, 15) is 12.6 Å². The van der Waals surface area contributed by atoms with Crippen LogP contribution in [0.1, 0.15) is 0 Å². The van der Waals surface area contributed by atoms with Crippen molar-refractivity contribution in [1.29, 1.82) is 0 Å². The van der Waals surface area contributed by atoms with E-state index in [0.717, 1.165) is 5.01 Å². The number of para-hydroxylation sites is 1. The highest BCUT2D eigenvalue weighted by Gasteiger charge is 2.12. The number of nitrogens with one attached hydrogen (secondary N) is 1. The molecule has 10 heteroatoms. The maximum atomic E-state index is 10.6. The summed E-state index contributed by atoms with van der Waals surface area (Å²) < 4.78 is 52.5. The molecule has 0 saturated carbocycles. The first-order valence-corrected chi connectivity index (χ1v) is 6.67. The Morgan fingerprint density at radius 3 is 2.41 bits per heavy atom. The first-order valence-electron chi connectivity index (χ1n) is 4.20. The maximum absolute atomic E-state index is 10.6. The van der Waals surface area contributed by atoms with Gasteiger partial charge in [0.25, 0.3) is 11.3 Å². The Hall–Kier alpha value is -1.04. The highest BCUT2D eigenvalue weighted by Crippen LogP contribution is 2.11. The second-order valence-corrected chi connectivity index (χ2v) is 4.55. The minimum absolute atomic E-state index is 0.388. The summed E-state index contributed by atoms with van der Waals surface area (Å²) in [5.41, 5.74) is 0.388. The van der Waals surface area contributed by atoms with Gasteiger partial charge in [-0.3, -0.25) is 14.1 Å². The molecule has 1 rings (SSSR count). The summed E-state index contributed by atoms with van der Waals surface area (Å²) in [6, 6.07) is 8.08. The van der Waals surface area contributed by atoms with Crippen LogP contribution in [-0.4, -0.2) is 28.5 Å². The fourth-order valence-electron chi connectivity index (χ4n) is 0.975. The zero-order valence-corrected chi connectivity index (χ0v) is 10.0. The van der Waals surface area contributed by atoms with E-state index in [2.05, 4.69) is 4.18 Å². The quantitative estimate of drug-likeness (QED) is 0.289. The van der Waals surface area contributed by atoms with Crippen LogP contribution >= 0.6 is 0 Å². The number of hydrogen-bond donors (Lipinski definition) is 3. The average molecular weight is 282 g/mol. The SMILES string of the molecule is O=S(O)NN(COS(=O)(=O)O)c1ccccc1. The number of rotatable bonds is 6. The van der Waals surface area contributed by atoms with Crippen LogP contribution in [0.25, 0.3) is 0 Å². The minimum Gasteiger partial charge on any atom is -0.293 e. The molecular formula is C7H10N2O6S2. The first-order chi connectivity index (χ1) is 7.88. The molecule has 3 N–H and O–H groups in total. The molecule has 1 aromatic rings. The number of nitrogens with zero attached hydrogens (tertiary/aromatic N) is 1. The Labute approximate surface area is 101 Å². The van der Waals surface area contributed by atoms with Crippen LogP contribution < -0.4 is 9.84 Å². The normalized spacial score (nSPS) is 13.3. The third-order valence-corrected chi connectivity index (χ3v) is 2.37. The van der Waals surface area contributed by atoms with Gasteiger partial charge in [0.2, 0.25) is 0 Å². The van der Waals surface area contributed by atoms with Crippen LogP contribution in [0.2, 0.25) is 0 Å². The highest BCUT2D eigenvalue weighted by atomic mass is 32.3. The van der Waals surface area contributed by atoms with Crippen molar-refractivity contribution in [2.75, 3.05) is 11.7 Å². The Kier molecular flexibility index (Phi) is 4.99. The van der Waals surface area contributed by atoms with Crippen LogP contribution in [0.5, 0.6) is 0 Å². The van der Waals surface area contributed by atoms with Gasteiger partial charge < -0.3 is 0 Å². The second-order valence-electron chi connectivity index (χ2n) is 2.78. The van der Waals surface area contributed by atoms with Crippen LogP contribution in [-0.2, 0) is 25.8 Å². The summed E-state index contributed by atoms with van der Waals surface area (Å²) in [4.78, 5) is 2.03. The molecule has 0 heterocycles. The van der Waals surface area contributed by atoms with Gasteiger partial charge in [-0.05, 0) is 12.1 Å². The molecule has 0 fully saturated rings. The first kappa shape index (κ1) is 14.0. The molecule has 0 bridgehead atoms. The molecule has 0 aromatic heterocycles. The molecule has 0 aliphatic rings. The van der Waals surface area contributed by atoms with Gasteiger partial charge in [-0.2, -0.15) is 8.42 Å². The van der Waals surface area contributed by atoms with E-state index in [-0.39, 0.29) is 0 Å². The zero-order valence-electron chi connectivity index (χ0n) is 8.38. The van der Waals surface area contributed by atoms with Gasteiger partial charge in [0.05, 0.1) is 5.69 Å². The summed E-state index contributed by atoms with van der Waals surface area (Å²) in [5.74, 6) is 0. The number of anilines is 1. The van der Waals surface area contributed by atoms with E-state index < -0.39 is 28.4 Å². The van der Waals surface area contributed by atoms with Crippen LogP contribution in [0, 0.1) is 0 Å². The van der Waals surface area contributed by atoms with Gasteiger partial charge in [0.15, 0.2) is 6.73 Å². The Morgan fingerprint density at radius 2 is 1.94 bits per heavy atom. The molecule has 1 aromatic carbocycles. The van der Waals surface area contributed by atoms with Gasteiger partial charge in [0.1, 0.15) is 0 Å². The van der Waals surface area contributed by atoms with Crippen molar-refractivity contribution in [3.8, 4) is 0 Å². The Balaban J connectivity index is 2.78. The highest BCUT2D eigenvalue weighted by molar-refractivity contribution is 7.80. The molecule has 0 spiro atoms. The van der Waals surface area contributed by atoms with E-state index >= 15 is 0 Å². The van der Waals surface area contributed by atoms with E-state index in [0.29, 0.717) is 5.69 Å². The van der Waals surface area contributed by atoms with Crippen molar-refractivity contribution >= 4 is 27.4 Å². The van der Waals surface area contributed by atoms with E-state index in [1.54, 1.807) is 30.3 Å². The molecule has 17 heavy (non-hydrogen) atoms. The lowest BCUT2D eigenvalue weighted by molar-refractivity contribution is 0.263. The molecular weight excluding hydrogens is 272 g/mol. The lowest BCUT2D eigenvalue weighted by atomic mass is 10.3. The molecule has 0 radical (unpaired) electrons. The lowest BCUT2D eigenvalue weighted by Gasteiger charge is -2.21. The summed E-state index contributed by atoms with van der Waals surface area (Å²) >= 11 is -2.40. The van der Waals surface area contributed by atoms with Crippen molar-refractivity contribution in [1.82, 2.24) is 4.83 Å². The van der Waals surface area contributed by atoms with Gasteiger partial charge in [0, 0.05) is 0 Å². The van der Waals surface area contributed by atoms with Gasteiger partial charge in [-0.25, -0.2) is 8.39 Å². The summed E-state index contributed by atoms with van der Waals surface area (Å²) in [7, 11) is -4.63. The van der Waals surface area contributed by atoms with Crippen LogP contribution in [0.4, 0.5) is 5.69 Å². The van der Waals surface area contributed by atoms with Crippen molar-refractivity contribution in [2.45, 2.75) is 0 Å². The topological polar surface area (TPSA) is 116 Å². The van der Waals surface area contributed by atoms with E-state index in [1.165, 1.54) is 0 Å². The summed E-state index contributed by atoms with van der Waals surface area (Å²) in [5, 5.41) is 0.948. The maximum Gasteiger partial charge on any atom is 0.399 e.